The van der Waals surface area contributed by atoms with E-state index >= 15 is 0 Å². The highest BCUT2D eigenvalue weighted by Gasteiger charge is 2.16. The second-order valence-electron chi connectivity index (χ2n) is 6.53. The van der Waals surface area contributed by atoms with Gasteiger partial charge < -0.3 is 9.84 Å². The van der Waals surface area contributed by atoms with Gasteiger partial charge in [0.25, 0.3) is 0 Å². The van der Waals surface area contributed by atoms with E-state index < -0.39 is 0 Å². The van der Waals surface area contributed by atoms with Crippen molar-refractivity contribution in [2.75, 3.05) is 24.8 Å². The first-order valence-corrected chi connectivity index (χ1v) is 11.5. The molecule has 0 saturated heterocycles. The molecule has 0 unspecified atom stereocenters. The van der Waals surface area contributed by atoms with Crippen molar-refractivity contribution in [3.05, 3.63) is 54.6 Å². The van der Waals surface area contributed by atoms with Crippen LogP contribution in [-0.2, 0) is 11.3 Å². The molecule has 2 N–H and O–H groups in total. The average Bonchev–Trinajstić information content (AvgIpc) is 3.46. The summed E-state index contributed by atoms with van der Waals surface area (Å²) in [5, 5.41) is 30.5. The molecule has 1 amide bonds. The fourth-order valence-electron chi connectivity index (χ4n) is 2.91. The zero-order valence-electron chi connectivity index (χ0n) is 17.1. The molecule has 0 aliphatic rings. The summed E-state index contributed by atoms with van der Waals surface area (Å²) < 4.78 is 6.96. The molecule has 0 radical (unpaired) electrons. The zero-order chi connectivity index (χ0) is 22.3. The smallest absolute Gasteiger partial charge is 0.236 e. The number of aliphatic hydroxyl groups excluding tert-OH is 1. The van der Waals surface area contributed by atoms with Crippen LogP contribution in [0, 0.1) is 0 Å². The number of aliphatic hydroxyl groups is 1. The Morgan fingerprint density at radius 1 is 1.06 bits per heavy atom. The molecule has 164 valence electrons. The van der Waals surface area contributed by atoms with Gasteiger partial charge in [-0.3, -0.25) is 14.7 Å². The van der Waals surface area contributed by atoms with E-state index in [9.17, 15) is 9.90 Å². The van der Waals surface area contributed by atoms with E-state index in [0.29, 0.717) is 27.7 Å². The minimum atomic E-state index is -0.229. The molecule has 0 fully saturated rings. The highest BCUT2D eigenvalue weighted by Crippen LogP contribution is 2.28. The average molecular weight is 469 g/mol. The predicted molar refractivity (Wildman–Crippen MR) is 124 cm³/mol. The molecule has 0 saturated carbocycles. The van der Waals surface area contributed by atoms with E-state index in [1.807, 2.05) is 54.6 Å². The van der Waals surface area contributed by atoms with Gasteiger partial charge in [0.2, 0.25) is 11.0 Å². The number of methoxy groups -OCH3 is 1. The summed E-state index contributed by atoms with van der Waals surface area (Å²) in [6, 6.07) is 17.1. The van der Waals surface area contributed by atoms with E-state index in [4.69, 9.17) is 4.74 Å². The van der Waals surface area contributed by atoms with Gasteiger partial charge in [0, 0.05) is 17.7 Å². The molecule has 11 heteroatoms. The Morgan fingerprint density at radius 2 is 1.84 bits per heavy atom. The van der Waals surface area contributed by atoms with Crippen molar-refractivity contribution < 1.29 is 14.6 Å². The number of thioether (sulfide) groups is 1. The van der Waals surface area contributed by atoms with Crippen LogP contribution >= 0.6 is 23.1 Å². The van der Waals surface area contributed by atoms with Crippen molar-refractivity contribution in [3.63, 3.8) is 0 Å². The van der Waals surface area contributed by atoms with E-state index in [1.165, 1.54) is 23.1 Å². The van der Waals surface area contributed by atoms with Gasteiger partial charge in [0.05, 0.1) is 19.5 Å². The zero-order valence-corrected chi connectivity index (χ0v) is 18.8. The molecular formula is C21H20N6O3S2. The summed E-state index contributed by atoms with van der Waals surface area (Å²) in [4.78, 5) is 12.4. The quantitative estimate of drug-likeness (QED) is 0.360. The minimum Gasteiger partial charge on any atom is -0.497 e. The summed E-state index contributed by atoms with van der Waals surface area (Å²) in [7, 11) is 1.61. The highest BCUT2D eigenvalue weighted by molar-refractivity contribution is 7.99. The summed E-state index contributed by atoms with van der Waals surface area (Å²) in [6.45, 7) is 0.277. The largest absolute Gasteiger partial charge is 0.497 e. The summed E-state index contributed by atoms with van der Waals surface area (Å²) in [5.74, 6) is 1.30. The van der Waals surface area contributed by atoms with Crippen LogP contribution in [0.3, 0.4) is 0 Å². The topological polar surface area (TPSA) is 115 Å². The molecule has 0 atom stereocenters. The van der Waals surface area contributed by atoms with E-state index in [2.05, 4.69) is 25.7 Å². The normalized spacial score (nSPS) is 10.8. The number of amides is 1. The number of benzene rings is 2. The van der Waals surface area contributed by atoms with Gasteiger partial charge in [-0.1, -0.05) is 53.4 Å². The third-order valence-electron chi connectivity index (χ3n) is 4.41. The Balaban J connectivity index is 1.39. The van der Waals surface area contributed by atoms with Crippen molar-refractivity contribution in [1.29, 1.82) is 0 Å². The maximum atomic E-state index is 12.4. The summed E-state index contributed by atoms with van der Waals surface area (Å²) in [6.07, 6.45) is 0. The lowest BCUT2D eigenvalue weighted by atomic mass is 10.2. The van der Waals surface area contributed by atoms with Crippen molar-refractivity contribution in [2.45, 2.75) is 11.7 Å². The van der Waals surface area contributed by atoms with Crippen molar-refractivity contribution in [3.8, 4) is 27.7 Å². The SMILES string of the molecule is COc1ccc(-c2nnc(NC(=O)CSc3nnc(-c4ccccc4)n3CCO)s2)cc1. The fraction of sp³-hybridized carbons (Fsp3) is 0.190. The Labute approximate surface area is 192 Å². The van der Waals surface area contributed by atoms with Crippen LogP contribution in [0.15, 0.2) is 59.8 Å². The van der Waals surface area contributed by atoms with Crippen molar-refractivity contribution in [1.82, 2.24) is 25.0 Å². The van der Waals surface area contributed by atoms with Crippen molar-refractivity contribution >= 4 is 34.1 Å². The number of anilines is 1. The number of carbonyl (C=O) groups is 1. The lowest BCUT2D eigenvalue weighted by molar-refractivity contribution is -0.113. The highest BCUT2D eigenvalue weighted by atomic mass is 32.2. The molecule has 0 bridgehead atoms. The molecule has 0 aliphatic carbocycles. The first kappa shape index (κ1) is 21.9. The van der Waals surface area contributed by atoms with Crippen LogP contribution in [0.2, 0.25) is 0 Å². The first-order valence-electron chi connectivity index (χ1n) is 9.68. The van der Waals surface area contributed by atoms with E-state index in [0.717, 1.165) is 16.9 Å². The number of carbonyl (C=O) groups excluding carboxylic acids is 1. The number of aromatic nitrogens is 5. The maximum Gasteiger partial charge on any atom is 0.236 e. The molecular weight excluding hydrogens is 448 g/mol. The minimum absolute atomic E-state index is 0.0590. The van der Waals surface area contributed by atoms with Crippen LogP contribution in [-0.4, -0.2) is 55.4 Å². The van der Waals surface area contributed by atoms with Crippen LogP contribution < -0.4 is 10.1 Å². The van der Waals surface area contributed by atoms with Gasteiger partial charge in [0.15, 0.2) is 11.0 Å². The molecule has 2 aromatic heterocycles. The predicted octanol–water partition coefficient (Wildman–Crippen LogP) is 3.20. The number of nitrogens with one attached hydrogen (secondary N) is 1. The summed E-state index contributed by atoms with van der Waals surface area (Å²) >= 11 is 2.54. The molecule has 4 rings (SSSR count). The number of hydrogen-bond acceptors (Lipinski definition) is 9. The Bertz CT molecular complexity index is 1180. The van der Waals surface area contributed by atoms with E-state index in [1.54, 1.807) is 11.7 Å². The Kier molecular flexibility index (Phi) is 7.10. The molecule has 2 heterocycles. The van der Waals surface area contributed by atoms with Gasteiger partial charge >= 0.3 is 0 Å². The molecule has 32 heavy (non-hydrogen) atoms. The summed E-state index contributed by atoms with van der Waals surface area (Å²) in [5.41, 5.74) is 1.79. The maximum absolute atomic E-state index is 12.4. The van der Waals surface area contributed by atoms with Crippen LogP contribution in [0.5, 0.6) is 5.75 Å². The van der Waals surface area contributed by atoms with E-state index in [-0.39, 0.29) is 18.3 Å². The van der Waals surface area contributed by atoms with Crippen LogP contribution in [0.25, 0.3) is 22.0 Å². The number of ether oxygens (including phenoxy) is 1. The number of nitrogens with zero attached hydrogens (tertiary/aromatic N) is 5. The van der Waals surface area contributed by atoms with Crippen LogP contribution in [0.4, 0.5) is 5.13 Å². The monoisotopic (exact) mass is 468 g/mol. The van der Waals surface area contributed by atoms with Gasteiger partial charge in [-0.2, -0.15) is 0 Å². The lowest BCUT2D eigenvalue weighted by Gasteiger charge is -2.08. The molecule has 2 aromatic carbocycles. The van der Waals surface area contributed by atoms with Crippen molar-refractivity contribution in [2.24, 2.45) is 0 Å². The lowest BCUT2D eigenvalue weighted by Crippen LogP contribution is -2.15. The van der Waals surface area contributed by atoms with Gasteiger partial charge in [-0.15, -0.1) is 20.4 Å². The van der Waals surface area contributed by atoms with Gasteiger partial charge in [-0.25, -0.2) is 0 Å². The second-order valence-corrected chi connectivity index (χ2v) is 8.45. The Morgan fingerprint density at radius 3 is 2.56 bits per heavy atom. The fourth-order valence-corrected chi connectivity index (χ4v) is 4.44. The third-order valence-corrected chi connectivity index (χ3v) is 6.27. The van der Waals surface area contributed by atoms with Gasteiger partial charge in [-0.05, 0) is 24.3 Å². The standard InChI is InChI=1S/C21H20N6O3S2/c1-30-16-9-7-15(8-10-16)19-24-25-20(32-19)22-17(29)13-31-21-26-23-18(27(21)11-12-28)14-5-3-2-4-6-14/h2-10,28H,11-13H2,1H3,(H,22,25,29). The first-order chi connectivity index (χ1) is 15.7. The third kappa shape index (κ3) is 5.13. The molecule has 0 aliphatic heterocycles. The Hall–Kier alpha value is -3.28. The molecule has 0 spiro atoms. The van der Waals surface area contributed by atoms with Crippen LogP contribution in [0.1, 0.15) is 0 Å². The molecule has 9 nitrogen and oxygen atoms in total. The number of rotatable bonds is 9. The molecule has 4 aromatic rings. The van der Waals surface area contributed by atoms with Gasteiger partial charge in [0.1, 0.15) is 10.8 Å². The number of hydrogen-bond donors (Lipinski definition) is 2. The second kappa shape index (κ2) is 10.4.